The maximum Gasteiger partial charge on any atom is 0.357 e. The van der Waals surface area contributed by atoms with Gasteiger partial charge in [0.25, 0.3) is 0 Å². The zero-order chi connectivity index (χ0) is 20.0. The minimum atomic E-state index is -1.12. The van der Waals surface area contributed by atoms with Gasteiger partial charge in [0.15, 0.2) is 12.3 Å². The van der Waals surface area contributed by atoms with Crippen molar-refractivity contribution >= 4 is 17.9 Å². The molecule has 1 heterocycles. The van der Waals surface area contributed by atoms with E-state index in [1.54, 1.807) is 6.07 Å². The molecular formula is C18H17NO8. The molecule has 0 radical (unpaired) electrons. The normalized spacial score (nSPS) is 10.0. The van der Waals surface area contributed by atoms with E-state index in [-0.39, 0.29) is 17.1 Å². The highest BCUT2D eigenvalue weighted by atomic mass is 16.5. The Hall–Kier alpha value is -3.62. The van der Waals surface area contributed by atoms with Gasteiger partial charge in [-0.2, -0.15) is 0 Å². The zero-order valence-corrected chi connectivity index (χ0v) is 14.8. The number of carboxylic acid groups (broad SMARTS) is 1. The molecule has 27 heavy (non-hydrogen) atoms. The largest absolute Gasteiger partial charge is 0.496 e. The van der Waals surface area contributed by atoms with Crippen molar-refractivity contribution in [2.45, 2.75) is 0 Å². The fourth-order valence-corrected chi connectivity index (χ4v) is 2.28. The van der Waals surface area contributed by atoms with Crippen LogP contribution in [-0.2, 0) is 14.3 Å². The monoisotopic (exact) mass is 375 g/mol. The number of methoxy groups -OCH3 is 3. The first kappa shape index (κ1) is 19.7. The number of ether oxygens (including phenoxy) is 4. The highest BCUT2D eigenvalue weighted by Crippen LogP contribution is 2.35. The van der Waals surface area contributed by atoms with Crippen molar-refractivity contribution in [3.8, 4) is 22.6 Å². The fourth-order valence-electron chi connectivity index (χ4n) is 2.28. The van der Waals surface area contributed by atoms with Gasteiger partial charge in [-0.15, -0.1) is 0 Å². The number of pyridine rings is 1. The van der Waals surface area contributed by atoms with E-state index in [4.69, 9.17) is 19.3 Å². The number of carbonyl (C=O) groups is 3. The minimum Gasteiger partial charge on any atom is -0.496 e. The molecule has 9 heteroatoms. The lowest BCUT2D eigenvalue weighted by atomic mass is 10.0. The third-order valence-electron chi connectivity index (χ3n) is 3.49. The van der Waals surface area contributed by atoms with E-state index in [0.717, 1.165) is 0 Å². The van der Waals surface area contributed by atoms with Gasteiger partial charge in [0, 0.05) is 17.2 Å². The smallest absolute Gasteiger partial charge is 0.357 e. The highest BCUT2D eigenvalue weighted by molar-refractivity contribution is 5.98. The molecule has 1 N–H and O–H groups in total. The summed E-state index contributed by atoms with van der Waals surface area (Å²) in [6.45, 7) is -0.509. The Morgan fingerprint density at radius 1 is 0.963 bits per heavy atom. The number of nitrogens with zero attached hydrogens (tertiary/aromatic N) is 1. The number of carboxylic acids is 1. The zero-order valence-electron chi connectivity index (χ0n) is 14.8. The molecule has 2 rings (SSSR count). The lowest BCUT2D eigenvalue weighted by molar-refractivity contribution is -0.139. The van der Waals surface area contributed by atoms with Crippen LogP contribution in [-0.4, -0.2) is 55.9 Å². The maximum absolute atomic E-state index is 12.1. The maximum atomic E-state index is 12.1. The number of esters is 2. The summed E-state index contributed by atoms with van der Waals surface area (Å²) in [5, 5.41) is 8.70. The van der Waals surface area contributed by atoms with E-state index in [2.05, 4.69) is 9.72 Å². The number of hydrogen-bond acceptors (Lipinski definition) is 8. The van der Waals surface area contributed by atoms with Gasteiger partial charge in [0.05, 0.1) is 21.3 Å². The summed E-state index contributed by atoms with van der Waals surface area (Å²) in [5.41, 5.74) is 0.681. The van der Waals surface area contributed by atoms with Gasteiger partial charge in [-0.25, -0.2) is 19.4 Å². The van der Waals surface area contributed by atoms with Crippen LogP contribution in [0.4, 0.5) is 0 Å². The number of aliphatic carboxylic acids is 1. The molecule has 1 aromatic carbocycles. The average Bonchev–Trinajstić information content (AvgIpc) is 2.70. The van der Waals surface area contributed by atoms with Gasteiger partial charge in [-0.3, -0.25) is 0 Å². The molecule has 0 saturated carbocycles. The Balaban J connectivity index is 2.54. The van der Waals surface area contributed by atoms with E-state index >= 15 is 0 Å². The van der Waals surface area contributed by atoms with Crippen LogP contribution in [0.5, 0.6) is 11.5 Å². The summed E-state index contributed by atoms with van der Waals surface area (Å²) in [5.74, 6) is -1.97. The third kappa shape index (κ3) is 4.51. The summed E-state index contributed by atoms with van der Waals surface area (Å²) in [4.78, 5) is 38.5. The number of carbonyl (C=O) groups excluding carboxylic acids is 2. The predicted molar refractivity (Wildman–Crippen MR) is 92.0 cm³/mol. The Bertz CT molecular complexity index is 878. The molecule has 0 atom stereocenters. The molecule has 2 aromatic rings. The summed E-state index contributed by atoms with van der Waals surface area (Å²) in [6, 6.07) is 7.50. The second kappa shape index (κ2) is 8.65. The van der Waals surface area contributed by atoms with Crippen LogP contribution < -0.4 is 9.47 Å². The molecule has 0 bridgehead atoms. The number of aromatic nitrogens is 1. The average molecular weight is 375 g/mol. The van der Waals surface area contributed by atoms with Crippen LogP contribution >= 0.6 is 0 Å². The molecule has 0 spiro atoms. The van der Waals surface area contributed by atoms with Crippen molar-refractivity contribution in [1.29, 1.82) is 0 Å². The van der Waals surface area contributed by atoms with Crippen molar-refractivity contribution in [3.63, 3.8) is 0 Å². The van der Waals surface area contributed by atoms with Crippen molar-refractivity contribution in [2.24, 2.45) is 0 Å². The Kier molecular flexibility index (Phi) is 6.32. The molecule has 142 valence electrons. The highest BCUT2D eigenvalue weighted by Gasteiger charge is 2.21. The Labute approximate surface area is 154 Å². The molecular weight excluding hydrogens is 358 g/mol. The molecule has 0 saturated heterocycles. The minimum absolute atomic E-state index is 0.0537. The molecule has 0 aliphatic heterocycles. The number of rotatable bonds is 7. The van der Waals surface area contributed by atoms with E-state index in [0.29, 0.717) is 16.9 Å². The van der Waals surface area contributed by atoms with E-state index in [9.17, 15) is 14.4 Å². The van der Waals surface area contributed by atoms with Gasteiger partial charge >= 0.3 is 17.9 Å². The van der Waals surface area contributed by atoms with Gasteiger partial charge in [-0.1, -0.05) is 0 Å². The van der Waals surface area contributed by atoms with Gasteiger partial charge in [-0.05, 0) is 24.3 Å². The molecule has 0 aliphatic rings. The van der Waals surface area contributed by atoms with Crippen LogP contribution in [0, 0.1) is 0 Å². The van der Waals surface area contributed by atoms with Crippen LogP contribution in [0.25, 0.3) is 11.1 Å². The van der Waals surface area contributed by atoms with Crippen LogP contribution in [0.1, 0.15) is 21.0 Å². The first-order valence-electron chi connectivity index (χ1n) is 7.62. The molecule has 0 fully saturated rings. The van der Waals surface area contributed by atoms with Crippen LogP contribution in [0.2, 0.25) is 0 Å². The first-order chi connectivity index (χ1) is 12.9. The van der Waals surface area contributed by atoms with Crippen LogP contribution in [0.15, 0.2) is 30.3 Å². The molecule has 0 amide bonds. The second-order valence-corrected chi connectivity index (χ2v) is 5.12. The topological polar surface area (TPSA) is 121 Å². The summed E-state index contributed by atoms with van der Waals surface area (Å²) in [7, 11) is 3.81. The van der Waals surface area contributed by atoms with Gasteiger partial charge in [0.1, 0.15) is 17.2 Å². The summed E-state index contributed by atoms with van der Waals surface area (Å²) in [6.07, 6.45) is 0. The summed E-state index contributed by atoms with van der Waals surface area (Å²) < 4.78 is 19.8. The Morgan fingerprint density at radius 2 is 1.63 bits per heavy atom. The SMILES string of the molecule is COC(=O)c1ccc(-c2ccc(OCC(=O)O)cc2OC)c(C(=O)OC)n1. The van der Waals surface area contributed by atoms with Gasteiger partial charge in [0.2, 0.25) is 0 Å². The fraction of sp³-hybridized carbons (Fsp3) is 0.222. The number of hydrogen-bond donors (Lipinski definition) is 1. The first-order valence-corrected chi connectivity index (χ1v) is 7.62. The van der Waals surface area contributed by atoms with Crippen LogP contribution in [0.3, 0.4) is 0 Å². The van der Waals surface area contributed by atoms with Crippen molar-refractivity contribution in [2.75, 3.05) is 27.9 Å². The predicted octanol–water partition coefficient (Wildman–Crippen LogP) is 1.79. The summed E-state index contributed by atoms with van der Waals surface area (Å²) >= 11 is 0. The molecule has 1 aromatic heterocycles. The second-order valence-electron chi connectivity index (χ2n) is 5.12. The number of benzene rings is 1. The van der Waals surface area contributed by atoms with Crippen molar-refractivity contribution in [1.82, 2.24) is 4.98 Å². The van der Waals surface area contributed by atoms with E-state index in [1.165, 1.54) is 45.6 Å². The lowest BCUT2D eigenvalue weighted by Gasteiger charge is -2.14. The Morgan fingerprint density at radius 3 is 2.22 bits per heavy atom. The molecule has 0 unspecified atom stereocenters. The van der Waals surface area contributed by atoms with E-state index in [1.807, 2.05) is 0 Å². The molecule has 9 nitrogen and oxygen atoms in total. The van der Waals surface area contributed by atoms with Gasteiger partial charge < -0.3 is 24.1 Å². The molecule has 0 aliphatic carbocycles. The quantitative estimate of drug-likeness (QED) is 0.722. The van der Waals surface area contributed by atoms with Crippen molar-refractivity contribution in [3.05, 3.63) is 41.7 Å². The standard InChI is InChI=1S/C18H17NO8/c1-24-14-8-10(27-9-15(20)21)4-5-11(14)12-6-7-13(17(22)25-2)19-16(12)18(23)26-3/h4-8H,9H2,1-3H3,(H,20,21). The third-order valence-corrected chi connectivity index (χ3v) is 3.49. The van der Waals surface area contributed by atoms with Crippen molar-refractivity contribution < 1.29 is 38.4 Å². The lowest BCUT2D eigenvalue weighted by Crippen LogP contribution is -2.12. The van der Waals surface area contributed by atoms with E-state index < -0.39 is 24.5 Å².